The van der Waals surface area contributed by atoms with Gasteiger partial charge >= 0.3 is 0 Å². The second-order valence-electron chi connectivity index (χ2n) is 20.5. The van der Waals surface area contributed by atoms with E-state index in [1.807, 2.05) is 17.4 Å². The highest BCUT2D eigenvalue weighted by Gasteiger charge is 2.39. The van der Waals surface area contributed by atoms with Crippen LogP contribution >= 0.6 is 11.3 Å². The first-order valence-corrected chi connectivity index (χ1v) is 26.0. The molecule has 0 fully saturated rings. The van der Waals surface area contributed by atoms with Gasteiger partial charge in [-0.05, 0) is 140 Å². The summed E-state index contributed by atoms with van der Waals surface area (Å²) in [4.78, 5) is 2.55. The third kappa shape index (κ3) is 5.63. The zero-order valence-corrected chi connectivity index (χ0v) is 38.2. The van der Waals surface area contributed by atoms with Gasteiger partial charge in [0.1, 0.15) is 11.2 Å². The molecule has 0 bridgehead atoms. The number of rotatable bonds is 5. The van der Waals surface area contributed by atoms with Crippen LogP contribution in [0.25, 0.3) is 64.4 Å². The fraction of sp³-hybridized carbons (Fsp3) is 0.250. The SMILES string of the molecule is CC1(C)CCC(C)(C)c2cc3c(cc21)sc1c([Si](C)(C)C)cc(N(c2cccc(-c4ccc5oc6ccccc6c5c4)c2)c2ccc4c(c2)C(C)(C)c2ccccc2-4)cc13. The molecule has 0 N–H and O–H groups in total. The van der Waals surface area contributed by atoms with Crippen molar-refractivity contribution in [2.75, 3.05) is 4.90 Å². The molecule has 2 heterocycles. The van der Waals surface area contributed by atoms with Crippen molar-refractivity contribution in [3.05, 3.63) is 156 Å². The molecule has 298 valence electrons. The van der Waals surface area contributed by atoms with E-state index in [1.165, 1.54) is 94.1 Å². The highest BCUT2D eigenvalue weighted by molar-refractivity contribution is 7.27. The lowest BCUT2D eigenvalue weighted by Gasteiger charge is -2.41. The average Bonchev–Trinajstić information content (AvgIpc) is 3.86. The van der Waals surface area contributed by atoms with Gasteiger partial charge in [-0.15, -0.1) is 11.3 Å². The summed E-state index contributed by atoms with van der Waals surface area (Å²) in [7, 11) is -1.84. The lowest BCUT2D eigenvalue weighted by molar-refractivity contribution is 0.332. The van der Waals surface area contributed by atoms with Gasteiger partial charge in [0.2, 0.25) is 0 Å². The van der Waals surface area contributed by atoms with Crippen LogP contribution in [0.2, 0.25) is 19.6 Å². The van der Waals surface area contributed by atoms with Gasteiger partial charge in [-0.3, -0.25) is 0 Å². The number of thiophene rings is 1. The van der Waals surface area contributed by atoms with Crippen LogP contribution in [0.15, 0.2) is 138 Å². The zero-order valence-electron chi connectivity index (χ0n) is 36.4. The molecule has 0 atom stereocenters. The molecule has 0 spiro atoms. The lowest BCUT2D eigenvalue weighted by atomic mass is 9.63. The van der Waals surface area contributed by atoms with Crippen LogP contribution in [-0.4, -0.2) is 8.07 Å². The van der Waals surface area contributed by atoms with Gasteiger partial charge < -0.3 is 9.32 Å². The van der Waals surface area contributed by atoms with Crippen molar-refractivity contribution in [3.8, 4) is 22.3 Å². The van der Waals surface area contributed by atoms with Crippen LogP contribution in [0.4, 0.5) is 17.1 Å². The molecule has 2 nitrogen and oxygen atoms in total. The fourth-order valence-corrected chi connectivity index (χ4v) is 14.2. The largest absolute Gasteiger partial charge is 0.456 e. The van der Waals surface area contributed by atoms with Crippen molar-refractivity contribution in [3.63, 3.8) is 0 Å². The van der Waals surface area contributed by atoms with Crippen LogP contribution in [-0.2, 0) is 16.2 Å². The van der Waals surface area contributed by atoms with Gasteiger partial charge in [-0.1, -0.05) is 128 Å². The zero-order chi connectivity index (χ0) is 41.5. The predicted octanol–water partition coefficient (Wildman–Crippen LogP) is 16.3. The highest BCUT2D eigenvalue weighted by Crippen LogP contribution is 2.52. The quantitative estimate of drug-likeness (QED) is 0.161. The minimum Gasteiger partial charge on any atom is -0.456 e. The Hall–Kier alpha value is -5.42. The van der Waals surface area contributed by atoms with Gasteiger partial charge in [0, 0.05) is 53.4 Å². The Morgan fingerprint density at radius 2 is 1.18 bits per heavy atom. The molecular formula is C56H53NOSSi. The van der Waals surface area contributed by atoms with Crippen molar-refractivity contribution >= 4 is 83.8 Å². The van der Waals surface area contributed by atoms with Crippen LogP contribution in [0.3, 0.4) is 0 Å². The maximum atomic E-state index is 6.24. The standard InChI is InChI=1S/C56H53NOSSi/c1-54(2)25-26-55(3,4)48-33-51-43(32-47(48)54)44-29-38(31-52(53(44)59-51)60(7,8)9)57(37-22-23-40-39-17-10-12-19-45(39)56(5,6)46(40)30-37)36-16-14-15-34(27-36)35-21-24-50-42(28-35)41-18-11-13-20-49(41)58-50/h10-24,27-33H,25-26H2,1-9H3. The first kappa shape index (κ1) is 37.6. The number of hydrogen-bond acceptors (Lipinski definition) is 3. The molecule has 0 amide bonds. The molecule has 2 aromatic heterocycles. The van der Waals surface area contributed by atoms with Crippen molar-refractivity contribution in [1.29, 1.82) is 0 Å². The summed E-state index contributed by atoms with van der Waals surface area (Å²) in [6.45, 7) is 22.1. The van der Waals surface area contributed by atoms with Crippen molar-refractivity contribution in [1.82, 2.24) is 0 Å². The van der Waals surface area contributed by atoms with Crippen molar-refractivity contribution in [2.24, 2.45) is 0 Å². The molecule has 0 aliphatic heterocycles. The Balaban J connectivity index is 1.16. The van der Waals surface area contributed by atoms with E-state index in [9.17, 15) is 0 Å². The molecule has 0 saturated heterocycles. The Labute approximate surface area is 359 Å². The van der Waals surface area contributed by atoms with Gasteiger partial charge in [0.25, 0.3) is 0 Å². The molecule has 60 heavy (non-hydrogen) atoms. The maximum absolute atomic E-state index is 6.24. The van der Waals surface area contributed by atoms with Crippen LogP contribution in [0.1, 0.15) is 76.6 Å². The summed E-state index contributed by atoms with van der Waals surface area (Å²) in [5.74, 6) is 0. The van der Waals surface area contributed by atoms with E-state index in [2.05, 4.69) is 193 Å². The van der Waals surface area contributed by atoms with Crippen LogP contribution < -0.4 is 10.1 Å². The molecular weight excluding hydrogens is 763 g/mol. The first-order chi connectivity index (χ1) is 28.6. The van der Waals surface area contributed by atoms with E-state index in [1.54, 1.807) is 0 Å². The molecule has 0 radical (unpaired) electrons. The molecule has 0 unspecified atom stereocenters. The Morgan fingerprint density at radius 1 is 0.500 bits per heavy atom. The van der Waals surface area contributed by atoms with Crippen LogP contribution in [0.5, 0.6) is 0 Å². The summed E-state index contributed by atoms with van der Waals surface area (Å²) in [5, 5.41) is 6.62. The number of furan rings is 1. The summed E-state index contributed by atoms with van der Waals surface area (Å²) in [5.41, 5.74) is 16.5. The molecule has 0 saturated carbocycles. The van der Waals surface area contributed by atoms with Gasteiger partial charge in [-0.25, -0.2) is 0 Å². The lowest BCUT2D eigenvalue weighted by Crippen LogP contribution is -2.38. The van der Waals surface area contributed by atoms with Gasteiger partial charge in [0.15, 0.2) is 0 Å². The third-order valence-corrected chi connectivity index (χ3v) is 17.6. The summed E-state index contributed by atoms with van der Waals surface area (Å²) >= 11 is 2.02. The molecule has 11 rings (SSSR count). The first-order valence-electron chi connectivity index (χ1n) is 21.7. The smallest absolute Gasteiger partial charge is 0.135 e. The molecule has 4 heteroatoms. The van der Waals surface area contributed by atoms with Gasteiger partial charge in [-0.2, -0.15) is 0 Å². The monoisotopic (exact) mass is 815 g/mol. The normalized spacial score (nSPS) is 16.4. The van der Waals surface area contributed by atoms with Crippen molar-refractivity contribution < 1.29 is 4.42 Å². The van der Waals surface area contributed by atoms with Crippen molar-refractivity contribution in [2.45, 2.75) is 90.3 Å². The molecule has 2 aliphatic carbocycles. The average molecular weight is 816 g/mol. The van der Waals surface area contributed by atoms with E-state index >= 15 is 0 Å². The van der Waals surface area contributed by atoms with E-state index in [0.717, 1.165) is 27.6 Å². The molecule has 7 aromatic carbocycles. The number of benzene rings is 7. The second kappa shape index (κ2) is 12.8. The predicted molar refractivity (Wildman–Crippen MR) is 263 cm³/mol. The minimum atomic E-state index is -1.84. The second-order valence-corrected chi connectivity index (χ2v) is 26.6. The van der Waals surface area contributed by atoms with Crippen LogP contribution in [0, 0.1) is 0 Å². The summed E-state index contributed by atoms with van der Waals surface area (Å²) in [6, 6.07) is 50.6. The van der Waals surface area contributed by atoms with E-state index in [4.69, 9.17) is 4.42 Å². The number of hydrogen-bond donors (Lipinski definition) is 0. The third-order valence-electron chi connectivity index (χ3n) is 14.2. The Kier molecular flexibility index (Phi) is 8.01. The number of anilines is 3. The maximum Gasteiger partial charge on any atom is 0.135 e. The fourth-order valence-electron chi connectivity index (χ4n) is 10.6. The molecule has 9 aromatic rings. The minimum absolute atomic E-state index is 0.116. The number of fused-ring (bicyclic) bond motifs is 10. The molecule has 2 aliphatic rings. The number of nitrogens with zero attached hydrogens (tertiary/aromatic N) is 1. The van der Waals surface area contributed by atoms with E-state index < -0.39 is 8.07 Å². The number of para-hydroxylation sites is 1. The van der Waals surface area contributed by atoms with Gasteiger partial charge in [0.05, 0.1) is 8.07 Å². The van der Waals surface area contributed by atoms with E-state index in [-0.39, 0.29) is 16.2 Å². The van der Waals surface area contributed by atoms with E-state index in [0.29, 0.717) is 0 Å². The topological polar surface area (TPSA) is 16.4 Å². The Bertz CT molecular complexity index is 3240. The Morgan fingerprint density at radius 3 is 1.98 bits per heavy atom. The highest BCUT2D eigenvalue weighted by atomic mass is 32.1. The summed E-state index contributed by atoms with van der Waals surface area (Å²) in [6.07, 6.45) is 2.43. The summed E-state index contributed by atoms with van der Waals surface area (Å²) < 4.78 is 9.12.